The Labute approximate surface area is 173 Å². The van der Waals surface area contributed by atoms with E-state index < -0.39 is 5.97 Å². The van der Waals surface area contributed by atoms with E-state index in [4.69, 9.17) is 4.74 Å². The molecule has 2 aromatic heterocycles. The molecular formula is C21H24N4O3S. The quantitative estimate of drug-likeness (QED) is 0.328. The maximum atomic E-state index is 12.7. The normalized spacial score (nSPS) is 10.9. The van der Waals surface area contributed by atoms with Crippen molar-refractivity contribution in [2.24, 2.45) is 0 Å². The average molecular weight is 413 g/mol. The Bertz CT molecular complexity index is 1020. The van der Waals surface area contributed by atoms with Crippen molar-refractivity contribution in [1.82, 2.24) is 20.2 Å². The van der Waals surface area contributed by atoms with Crippen molar-refractivity contribution in [2.75, 3.05) is 12.4 Å². The van der Waals surface area contributed by atoms with Crippen molar-refractivity contribution >= 4 is 23.5 Å². The van der Waals surface area contributed by atoms with Crippen LogP contribution in [0.2, 0.25) is 0 Å². The van der Waals surface area contributed by atoms with E-state index in [1.54, 1.807) is 20.8 Å². The van der Waals surface area contributed by atoms with Crippen LogP contribution in [0.15, 0.2) is 29.4 Å². The lowest BCUT2D eigenvalue weighted by atomic mass is 10.1. The van der Waals surface area contributed by atoms with E-state index >= 15 is 0 Å². The minimum Gasteiger partial charge on any atom is -0.462 e. The standard InChI is InChI=1S/C21H24N4O3S/c1-5-14-7-9-15(10-8-14)19-23-21(25-24-19)29-11-16(26)18-12(3)17(13(4)22-18)20(27)28-6-2/h7-10,22H,5-6,11H2,1-4H3,(H,23,24,25). The van der Waals surface area contributed by atoms with E-state index in [9.17, 15) is 9.59 Å². The van der Waals surface area contributed by atoms with Gasteiger partial charge in [0.25, 0.3) is 0 Å². The Morgan fingerprint density at radius 3 is 2.52 bits per heavy atom. The Hall–Kier alpha value is -2.87. The van der Waals surface area contributed by atoms with Crippen molar-refractivity contribution in [1.29, 1.82) is 0 Å². The topological polar surface area (TPSA) is 101 Å². The number of hydrogen-bond acceptors (Lipinski definition) is 6. The van der Waals surface area contributed by atoms with Gasteiger partial charge >= 0.3 is 5.97 Å². The highest BCUT2D eigenvalue weighted by molar-refractivity contribution is 7.99. The number of aryl methyl sites for hydroxylation is 2. The van der Waals surface area contributed by atoms with E-state index in [1.165, 1.54) is 17.3 Å². The Morgan fingerprint density at radius 2 is 1.86 bits per heavy atom. The van der Waals surface area contributed by atoms with Gasteiger partial charge in [-0.2, -0.15) is 0 Å². The van der Waals surface area contributed by atoms with Crippen molar-refractivity contribution in [3.05, 3.63) is 52.3 Å². The first-order valence-corrected chi connectivity index (χ1v) is 10.5. The Morgan fingerprint density at radius 1 is 1.14 bits per heavy atom. The molecule has 0 fully saturated rings. The van der Waals surface area contributed by atoms with Crippen LogP contribution < -0.4 is 0 Å². The van der Waals surface area contributed by atoms with E-state index in [1.807, 2.05) is 12.1 Å². The molecule has 0 aliphatic rings. The number of thioether (sulfide) groups is 1. The van der Waals surface area contributed by atoms with Crippen molar-refractivity contribution < 1.29 is 14.3 Å². The minimum absolute atomic E-state index is 0.121. The van der Waals surface area contributed by atoms with Crippen LogP contribution in [0.3, 0.4) is 0 Å². The smallest absolute Gasteiger partial charge is 0.340 e. The molecule has 152 valence electrons. The molecule has 0 radical (unpaired) electrons. The number of aromatic nitrogens is 4. The van der Waals surface area contributed by atoms with Gasteiger partial charge in [0.05, 0.1) is 23.6 Å². The molecule has 0 saturated heterocycles. The van der Waals surface area contributed by atoms with Crippen molar-refractivity contribution in [3.63, 3.8) is 0 Å². The SMILES string of the molecule is CCOC(=O)c1c(C)[nH]c(C(=O)CSc2n[nH]c(-c3ccc(CC)cc3)n2)c1C. The van der Waals surface area contributed by atoms with Crippen LogP contribution in [0.4, 0.5) is 0 Å². The van der Waals surface area contributed by atoms with Crippen LogP contribution in [0.5, 0.6) is 0 Å². The third-order valence-corrected chi connectivity index (χ3v) is 5.48. The number of carbonyl (C=O) groups is 2. The number of aromatic amines is 2. The molecular weight excluding hydrogens is 388 g/mol. The van der Waals surface area contributed by atoms with Gasteiger partial charge in [-0.1, -0.05) is 43.0 Å². The lowest BCUT2D eigenvalue weighted by Crippen LogP contribution is -2.08. The average Bonchev–Trinajstić information content (AvgIpc) is 3.30. The number of H-pyrrole nitrogens is 2. The molecule has 0 spiro atoms. The molecule has 0 amide bonds. The molecule has 0 aliphatic carbocycles. The predicted octanol–water partition coefficient (Wildman–Crippen LogP) is 4.13. The monoisotopic (exact) mass is 412 g/mol. The van der Waals surface area contributed by atoms with E-state index in [2.05, 4.69) is 39.2 Å². The molecule has 2 N–H and O–H groups in total. The lowest BCUT2D eigenvalue weighted by molar-refractivity contribution is 0.0525. The highest BCUT2D eigenvalue weighted by Crippen LogP contribution is 2.23. The number of rotatable bonds is 8. The fraction of sp³-hybridized carbons (Fsp3) is 0.333. The summed E-state index contributed by atoms with van der Waals surface area (Å²) in [6.07, 6.45) is 0.982. The van der Waals surface area contributed by atoms with Gasteiger partial charge in [-0.15, -0.1) is 5.10 Å². The number of Topliss-reactive ketones (excluding diaryl/α,β-unsaturated/α-hetero) is 1. The van der Waals surface area contributed by atoms with E-state index in [0.29, 0.717) is 33.5 Å². The Kier molecular flexibility index (Phi) is 6.53. The number of benzene rings is 1. The lowest BCUT2D eigenvalue weighted by Gasteiger charge is -2.02. The number of ether oxygens (including phenoxy) is 1. The second-order valence-corrected chi connectivity index (χ2v) is 7.52. The van der Waals surface area contributed by atoms with Gasteiger partial charge in [-0.05, 0) is 38.3 Å². The first kappa shape index (κ1) is 20.9. The molecule has 0 atom stereocenters. The largest absolute Gasteiger partial charge is 0.462 e. The fourth-order valence-electron chi connectivity index (χ4n) is 3.08. The summed E-state index contributed by atoms with van der Waals surface area (Å²) in [6.45, 7) is 7.66. The zero-order valence-electron chi connectivity index (χ0n) is 17.0. The first-order chi connectivity index (χ1) is 13.9. The van der Waals surface area contributed by atoms with E-state index in [0.717, 1.165) is 12.0 Å². The highest BCUT2D eigenvalue weighted by Gasteiger charge is 2.23. The Balaban J connectivity index is 1.68. The molecule has 2 heterocycles. The van der Waals surface area contributed by atoms with Crippen LogP contribution in [-0.2, 0) is 11.2 Å². The molecule has 29 heavy (non-hydrogen) atoms. The summed E-state index contributed by atoms with van der Waals surface area (Å²) < 4.78 is 5.07. The molecule has 0 saturated carbocycles. The third kappa shape index (κ3) is 4.59. The highest BCUT2D eigenvalue weighted by atomic mass is 32.2. The van der Waals surface area contributed by atoms with Gasteiger partial charge in [-0.25, -0.2) is 9.78 Å². The number of ketones is 1. The molecule has 0 aliphatic heterocycles. The first-order valence-electron chi connectivity index (χ1n) is 9.48. The molecule has 3 rings (SSSR count). The zero-order valence-corrected chi connectivity index (χ0v) is 17.8. The molecule has 1 aromatic carbocycles. The molecule has 3 aromatic rings. The van der Waals surface area contributed by atoms with Gasteiger partial charge in [0.15, 0.2) is 11.6 Å². The number of nitrogens with zero attached hydrogens (tertiary/aromatic N) is 2. The summed E-state index contributed by atoms with van der Waals surface area (Å²) >= 11 is 1.25. The molecule has 0 bridgehead atoms. The van der Waals surface area contributed by atoms with Crippen LogP contribution in [0.25, 0.3) is 11.4 Å². The summed E-state index contributed by atoms with van der Waals surface area (Å²) in [5, 5.41) is 7.60. The molecule has 7 nitrogen and oxygen atoms in total. The van der Waals surface area contributed by atoms with Gasteiger partial charge in [0.2, 0.25) is 5.16 Å². The summed E-state index contributed by atoms with van der Waals surface area (Å²) in [7, 11) is 0. The van der Waals surface area contributed by atoms with Crippen LogP contribution in [-0.4, -0.2) is 44.3 Å². The minimum atomic E-state index is -0.418. The van der Waals surface area contributed by atoms with Gasteiger partial charge in [0.1, 0.15) is 0 Å². The number of esters is 1. The van der Waals surface area contributed by atoms with Crippen molar-refractivity contribution in [3.8, 4) is 11.4 Å². The summed E-state index contributed by atoms with van der Waals surface area (Å²) in [5.41, 5.74) is 4.29. The van der Waals surface area contributed by atoms with E-state index in [-0.39, 0.29) is 18.1 Å². The number of hydrogen-bond donors (Lipinski definition) is 2. The molecule has 0 unspecified atom stereocenters. The summed E-state index contributed by atoms with van der Waals surface area (Å²) in [5.74, 6) is 0.289. The maximum Gasteiger partial charge on any atom is 0.340 e. The van der Waals surface area contributed by atoms with Gasteiger partial charge in [-0.3, -0.25) is 9.89 Å². The maximum absolute atomic E-state index is 12.7. The predicted molar refractivity (Wildman–Crippen MR) is 112 cm³/mol. The number of nitrogens with one attached hydrogen (secondary N) is 2. The van der Waals surface area contributed by atoms with Crippen LogP contribution >= 0.6 is 11.8 Å². The van der Waals surface area contributed by atoms with Crippen LogP contribution in [0.1, 0.15) is 51.5 Å². The second kappa shape index (κ2) is 9.09. The fourth-order valence-corrected chi connectivity index (χ4v) is 3.75. The van der Waals surface area contributed by atoms with Gasteiger partial charge < -0.3 is 9.72 Å². The van der Waals surface area contributed by atoms with Crippen LogP contribution in [0, 0.1) is 13.8 Å². The molecule has 8 heteroatoms. The second-order valence-electron chi connectivity index (χ2n) is 6.57. The van der Waals surface area contributed by atoms with Gasteiger partial charge in [0, 0.05) is 11.3 Å². The zero-order chi connectivity index (χ0) is 21.0. The third-order valence-electron chi connectivity index (χ3n) is 4.63. The summed E-state index contributed by atoms with van der Waals surface area (Å²) in [4.78, 5) is 32.2. The summed E-state index contributed by atoms with van der Waals surface area (Å²) in [6, 6.07) is 8.12. The van der Waals surface area contributed by atoms with Crippen molar-refractivity contribution in [2.45, 2.75) is 39.3 Å². The number of carbonyl (C=O) groups excluding carboxylic acids is 2.